The summed E-state index contributed by atoms with van der Waals surface area (Å²) in [5, 5.41) is 0. The van der Waals surface area contributed by atoms with Gasteiger partial charge in [0.1, 0.15) is 0 Å². The lowest BCUT2D eigenvalue weighted by atomic mass is 10.1. The Bertz CT molecular complexity index is 443. The van der Waals surface area contributed by atoms with Gasteiger partial charge in [0.15, 0.2) is 0 Å². The van der Waals surface area contributed by atoms with Crippen LogP contribution in [-0.2, 0) is 6.54 Å². The third kappa shape index (κ3) is 3.08. The van der Waals surface area contributed by atoms with Crippen molar-refractivity contribution in [2.45, 2.75) is 38.4 Å². The Kier molecular flexibility index (Phi) is 4.46. The average molecular weight is 293 g/mol. The van der Waals surface area contributed by atoms with Crippen LogP contribution in [0, 0.1) is 6.92 Å². The number of rotatable bonds is 5. The van der Waals surface area contributed by atoms with Crippen molar-refractivity contribution >= 4 is 11.3 Å². The standard InChI is InChI=1S/C16H27N3S/c1-13-4-5-14(20-13)12-19-9-7-15-16(19)6-8-18(15)11-10-17(2)3/h4-5,15-16H,6-12H2,1-3H3/t15-,16+/m0/s1. The largest absolute Gasteiger partial charge is 0.308 e. The third-order valence-corrected chi connectivity index (χ3v) is 5.78. The van der Waals surface area contributed by atoms with Gasteiger partial charge in [-0.05, 0) is 46.0 Å². The fourth-order valence-corrected chi connectivity index (χ4v) is 4.65. The highest BCUT2D eigenvalue weighted by molar-refractivity contribution is 7.11. The van der Waals surface area contributed by atoms with E-state index in [4.69, 9.17) is 0 Å². The minimum Gasteiger partial charge on any atom is -0.308 e. The zero-order valence-electron chi connectivity index (χ0n) is 13.0. The van der Waals surface area contributed by atoms with Crippen LogP contribution in [0.15, 0.2) is 12.1 Å². The molecule has 0 spiro atoms. The Labute approximate surface area is 127 Å². The fraction of sp³-hybridized carbons (Fsp3) is 0.750. The predicted octanol–water partition coefficient (Wildman–Crippen LogP) is 2.27. The summed E-state index contributed by atoms with van der Waals surface area (Å²) in [6.07, 6.45) is 2.73. The van der Waals surface area contributed by atoms with Gasteiger partial charge in [0.05, 0.1) is 0 Å². The van der Waals surface area contributed by atoms with Gasteiger partial charge in [0.25, 0.3) is 0 Å². The molecule has 112 valence electrons. The second-order valence-electron chi connectivity index (χ2n) is 6.53. The van der Waals surface area contributed by atoms with Crippen LogP contribution in [0.2, 0.25) is 0 Å². The summed E-state index contributed by atoms with van der Waals surface area (Å²) in [5.74, 6) is 0. The molecule has 20 heavy (non-hydrogen) atoms. The van der Waals surface area contributed by atoms with E-state index in [1.807, 2.05) is 11.3 Å². The quantitative estimate of drug-likeness (QED) is 0.824. The number of likely N-dealkylation sites (N-methyl/N-ethyl adjacent to an activating group) is 1. The average Bonchev–Trinajstić information content (AvgIpc) is 3.06. The molecule has 1 aromatic rings. The lowest BCUT2D eigenvalue weighted by Gasteiger charge is -2.26. The molecule has 3 nitrogen and oxygen atoms in total. The first kappa shape index (κ1) is 14.5. The molecule has 2 aliphatic heterocycles. The molecule has 0 saturated carbocycles. The maximum atomic E-state index is 2.73. The van der Waals surface area contributed by atoms with Crippen molar-refractivity contribution < 1.29 is 0 Å². The molecule has 4 heteroatoms. The molecule has 0 aromatic carbocycles. The van der Waals surface area contributed by atoms with Gasteiger partial charge >= 0.3 is 0 Å². The topological polar surface area (TPSA) is 9.72 Å². The fourth-order valence-electron chi connectivity index (χ4n) is 3.74. The maximum Gasteiger partial charge on any atom is 0.0331 e. The molecule has 3 heterocycles. The summed E-state index contributed by atoms with van der Waals surface area (Å²) in [7, 11) is 4.35. The third-order valence-electron chi connectivity index (χ3n) is 4.80. The van der Waals surface area contributed by atoms with Crippen LogP contribution in [-0.4, -0.2) is 67.1 Å². The minimum atomic E-state index is 0.805. The predicted molar refractivity (Wildman–Crippen MR) is 86.4 cm³/mol. The van der Waals surface area contributed by atoms with Crippen molar-refractivity contribution in [1.29, 1.82) is 0 Å². The molecule has 0 radical (unpaired) electrons. The highest BCUT2D eigenvalue weighted by Crippen LogP contribution is 2.33. The van der Waals surface area contributed by atoms with Crippen LogP contribution in [0.3, 0.4) is 0 Å². The van der Waals surface area contributed by atoms with Gasteiger partial charge in [0.2, 0.25) is 0 Å². The van der Waals surface area contributed by atoms with E-state index in [-0.39, 0.29) is 0 Å². The Morgan fingerprint density at radius 3 is 2.50 bits per heavy atom. The molecule has 0 N–H and O–H groups in total. The first-order valence-electron chi connectivity index (χ1n) is 7.81. The van der Waals surface area contributed by atoms with Crippen molar-refractivity contribution in [3.8, 4) is 0 Å². The first-order chi connectivity index (χ1) is 9.63. The van der Waals surface area contributed by atoms with E-state index in [1.54, 1.807) is 0 Å². The molecular formula is C16H27N3S. The number of thiophene rings is 1. The van der Waals surface area contributed by atoms with Gasteiger partial charge in [-0.15, -0.1) is 11.3 Å². The molecule has 0 amide bonds. The summed E-state index contributed by atoms with van der Waals surface area (Å²) in [5.41, 5.74) is 0. The van der Waals surface area contributed by atoms with Crippen molar-refractivity contribution in [2.24, 2.45) is 0 Å². The van der Waals surface area contributed by atoms with Crippen molar-refractivity contribution in [2.75, 3.05) is 40.3 Å². The van der Waals surface area contributed by atoms with E-state index >= 15 is 0 Å². The molecule has 1 aromatic heterocycles. The summed E-state index contributed by atoms with van der Waals surface area (Å²) in [4.78, 5) is 10.7. The van der Waals surface area contributed by atoms with Gasteiger partial charge < -0.3 is 4.90 Å². The number of aryl methyl sites for hydroxylation is 1. The molecule has 0 aliphatic carbocycles. The number of nitrogens with zero attached hydrogens (tertiary/aromatic N) is 3. The molecule has 0 unspecified atom stereocenters. The highest BCUT2D eigenvalue weighted by Gasteiger charge is 2.41. The molecule has 2 fully saturated rings. The second kappa shape index (κ2) is 6.14. The van der Waals surface area contributed by atoms with Crippen molar-refractivity contribution in [3.63, 3.8) is 0 Å². The van der Waals surface area contributed by atoms with Crippen LogP contribution in [0.1, 0.15) is 22.6 Å². The molecule has 2 atom stereocenters. The monoisotopic (exact) mass is 293 g/mol. The Morgan fingerprint density at radius 2 is 1.85 bits per heavy atom. The highest BCUT2D eigenvalue weighted by atomic mass is 32.1. The van der Waals surface area contributed by atoms with Gasteiger partial charge in [0, 0.05) is 54.6 Å². The first-order valence-corrected chi connectivity index (χ1v) is 8.63. The lowest BCUT2D eigenvalue weighted by Crippen LogP contribution is -2.39. The van der Waals surface area contributed by atoms with Crippen molar-refractivity contribution in [3.05, 3.63) is 21.9 Å². The smallest absolute Gasteiger partial charge is 0.0331 e. The van der Waals surface area contributed by atoms with Gasteiger partial charge in [-0.3, -0.25) is 9.80 Å². The molecule has 2 saturated heterocycles. The molecule has 0 bridgehead atoms. The maximum absolute atomic E-state index is 2.73. The van der Waals surface area contributed by atoms with Crippen LogP contribution in [0.5, 0.6) is 0 Å². The normalized spacial score (nSPS) is 27.6. The molecule has 3 rings (SSSR count). The number of likely N-dealkylation sites (tertiary alicyclic amines) is 2. The second-order valence-corrected chi connectivity index (χ2v) is 7.91. The van der Waals surface area contributed by atoms with E-state index in [0.717, 1.165) is 12.1 Å². The van der Waals surface area contributed by atoms with Crippen LogP contribution >= 0.6 is 11.3 Å². The summed E-state index contributed by atoms with van der Waals surface area (Å²) < 4.78 is 0. The van der Waals surface area contributed by atoms with Gasteiger partial charge in [-0.1, -0.05) is 0 Å². The van der Waals surface area contributed by atoms with E-state index in [1.165, 1.54) is 55.3 Å². The SMILES string of the molecule is Cc1ccc(CN2CC[C@H]3[C@H]2CCN3CCN(C)C)s1. The summed E-state index contributed by atoms with van der Waals surface area (Å²) in [6.45, 7) is 8.38. The number of fused-ring (bicyclic) bond motifs is 1. The van der Waals surface area contributed by atoms with Gasteiger partial charge in [-0.25, -0.2) is 0 Å². The summed E-state index contributed by atoms with van der Waals surface area (Å²) in [6, 6.07) is 6.19. The summed E-state index contributed by atoms with van der Waals surface area (Å²) >= 11 is 1.96. The van der Waals surface area contributed by atoms with Gasteiger partial charge in [-0.2, -0.15) is 0 Å². The van der Waals surface area contributed by atoms with E-state index < -0.39 is 0 Å². The van der Waals surface area contributed by atoms with Crippen LogP contribution < -0.4 is 0 Å². The Morgan fingerprint density at radius 1 is 1.15 bits per heavy atom. The zero-order chi connectivity index (χ0) is 14.1. The van der Waals surface area contributed by atoms with E-state index in [2.05, 4.69) is 47.9 Å². The minimum absolute atomic E-state index is 0.805. The van der Waals surface area contributed by atoms with E-state index in [9.17, 15) is 0 Å². The number of hydrogen-bond donors (Lipinski definition) is 0. The zero-order valence-corrected chi connectivity index (χ0v) is 13.8. The molecule has 2 aliphatic rings. The van der Waals surface area contributed by atoms with Crippen LogP contribution in [0.4, 0.5) is 0 Å². The van der Waals surface area contributed by atoms with Crippen molar-refractivity contribution in [1.82, 2.24) is 14.7 Å². The van der Waals surface area contributed by atoms with E-state index in [0.29, 0.717) is 0 Å². The molecular weight excluding hydrogens is 266 g/mol. The number of hydrogen-bond acceptors (Lipinski definition) is 4. The Hall–Kier alpha value is -0.420. The lowest BCUT2D eigenvalue weighted by molar-refractivity contribution is 0.205. The Balaban J connectivity index is 1.56. The van der Waals surface area contributed by atoms with Crippen LogP contribution in [0.25, 0.3) is 0 Å².